The van der Waals surface area contributed by atoms with E-state index in [-0.39, 0.29) is 5.91 Å². The number of nitrogens with one attached hydrogen (secondary N) is 2. The number of anilines is 1. The molecule has 1 aromatic heterocycles. The normalized spacial score (nSPS) is 24.4. The van der Waals surface area contributed by atoms with Gasteiger partial charge in [0.25, 0.3) is 0 Å². The first kappa shape index (κ1) is 22.7. The minimum absolute atomic E-state index is 0.0161. The summed E-state index contributed by atoms with van der Waals surface area (Å²) in [7, 11) is 0. The van der Waals surface area contributed by atoms with Gasteiger partial charge in [-0.3, -0.25) is 4.79 Å². The lowest BCUT2D eigenvalue weighted by Crippen LogP contribution is -2.43. The molecule has 5 nitrogen and oxygen atoms in total. The molecule has 0 aromatic carbocycles. The minimum atomic E-state index is 0.0161. The first-order valence-electron chi connectivity index (χ1n) is 11.7. The highest BCUT2D eigenvalue weighted by atomic mass is 32.1. The molecule has 0 saturated carbocycles. The van der Waals surface area contributed by atoms with Gasteiger partial charge in [0.05, 0.1) is 18.3 Å². The predicted molar refractivity (Wildman–Crippen MR) is 121 cm³/mol. The second-order valence-corrected chi connectivity index (χ2v) is 10.1. The molecule has 2 N–H and O–H groups in total. The number of carbonyl (C=O) groups is 1. The van der Waals surface area contributed by atoms with Crippen molar-refractivity contribution < 1.29 is 9.53 Å². The molecule has 2 atom stereocenters. The Morgan fingerprint density at radius 1 is 1.10 bits per heavy atom. The van der Waals surface area contributed by atoms with E-state index in [1.165, 1.54) is 61.9 Å². The third kappa shape index (κ3) is 7.65. The molecule has 1 saturated heterocycles. The van der Waals surface area contributed by atoms with Crippen molar-refractivity contribution in [1.29, 1.82) is 0 Å². The first-order chi connectivity index (χ1) is 14.1. The van der Waals surface area contributed by atoms with Crippen molar-refractivity contribution in [1.82, 2.24) is 10.3 Å². The predicted octanol–water partition coefficient (Wildman–Crippen LogP) is 5.09. The largest absolute Gasteiger partial charge is 0.378 e. The highest BCUT2D eigenvalue weighted by Gasteiger charge is 2.25. The topological polar surface area (TPSA) is 63.2 Å². The van der Waals surface area contributed by atoms with Crippen LogP contribution in [0.1, 0.15) is 88.6 Å². The van der Waals surface area contributed by atoms with Gasteiger partial charge in [0.15, 0.2) is 5.13 Å². The maximum Gasteiger partial charge on any atom is 0.240 e. The van der Waals surface area contributed by atoms with E-state index in [4.69, 9.17) is 9.72 Å². The van der Waals surface area contributed by atoms with E-state index in [0.717, 1.165) is 37.4 Å². The maximum absolute atomic E-state index is 12.5. The second kappa shape index (κ2) is 12.0. The monoisotopic (exact) mass is 421 g/mol. The fourth-order valence-electron chi connectivity index (χ4n) is 4.34. The van der Waals surface area contributed by atoms with Crippen LogP contribution in [-0.2, 0) is 22.4 Å². The molecule has 2 unspecified atom stereocenters. The van der Waals surface area contributed by atoms with Crippen molar-refractivity contribution in [3.05, 3.63) is 10.6 Å². The summed E-state index contributed by atoms with van der Waals surface area (Å²) in [5.74, 6) is 0.535. The third-order valence-corrected chi connectivity index (χ3v) is 7.27. The molecule has 164 valence electrons. The van der Waals surface area contributed by atoms with Gasteiger partial charge in [-0.1, -0.05) is 52.4 Å². The van der Waals surface area contributed by atoms with Gasteiger partial charge in [0.2, 0.25) is 5.91 Å². The Hall–Kier alpha value is -0.980. The zero-order valence-corrected chi connectivity index (χ0v) is 19.1. The maximum atomic E-state index is 12.5. The quantitative estimate of drug-likeness (QED) is 0.695. The molecule has 1 aromatic rings. The van der Waals surface area contributed by atoms with E-state index in [0.29, 0.717) is 24.6 Å². The highest BCUT2D eigenvalue weighted by Crippen LogP contribution is 2.27. The van der Waals surface area contributed by atoms with Crippen molar-refractivity contribution in [2.24, 2.45) is 5.92 Å². The fraction of sp³-hybridized carbons (Fsp3) is 0.826. The van der Waals surface area contributed by atoms with Crippen LogP contribution in [0.25, 0.3) is 0 Å². The molecule has 0 bridgehead atoms. The number of rotatable bonds is 5. The summed E-state index contributed by atoms with van der Waals surface area (Å²) in [6, 6.07) is 0.360. The lowest BCUT2D eigenvalue weighted by atomic mass is 9.95. The Kier molecular flexibility index (Phi) is 9.40. The SMILES string of the molecule is CC(C)C1CC(NCC(=O)Nc2nc3c(s2)CCCCCCCCCC3)CCO1. The van der Waals surface area contributed by atoms with Gasteiger partial charge < -0.3 is 15.4 Å². The molecular weight excluding hydrogens is 382 g/mol. The van der Waals surface area contributed by atoms with Crippen LogP contribution in [0.3, 0.4) is 0 Å². The number of hydrogen-bond donors (Lipinski definition) is 2. The molecule has 0 radical (unpaired) electrons. The molecule has 6 heteroatoms. The van der Waals surface area contributed by atoms with E-state index in [1.54, 1.807) is 11.3 Å². The van der Waals surface area contributed by atoms with Crippen molar-refractivity contribution in [3.63, 3.8) is 0 Å². The van der Waals surface area contributed by atoms with Crippen LogP contribution in [0.4, 0.5) is 5.13 Å². The summed E-state index contributed by atoms with van der Waals surface area (Å²) >= 11 is 1.69. The molecule has 2 aliphatic rings. The summed E-state index contributed by atoms with van der Waals surface area (Å²) < 4.78 is 5.82. The molecule has 0 spiro atoms. The second-order valence-electron chi connectivity index (χ2n) is 9.02. The van der Waals surface area contributed by atoms with Crippen LogP contribution in [0.15, 0.2) is 0 Å². The smallest absolute Gasteiger partial charge is 0.240 e. The highest BCUT2D eigenvalue weighted by molar-refractivity contribution is 7.15. The van der Waals surface area contributed by atoms with Gasteiger partial charge in [-0.25, -0.2) is 4.98 Å². The zero-order valence-electron chi connectivity index (χ0n) is 18.3. The van der Waals surface area contributed by atoms with Crippen LogP contribution in [-0.4, -0.2) is 36.2 Å². The summed E-state index contributed by atoms with van der Waals surface area (Å²) in [6.45, 7) is 5.52. The summed E-state index contributed by atoms with van der Waals surface area (Å²) in [4.78, 5) is 18.7. The Labute approximate surface area is 180 Å². The molecule has 1 aliphatic heterocycles. The van der Waals surface area contributed by atoms with E-state index in [2.05, 4.69) is 24.5 Å². The average molecular weight is 422 g/mol. The molecule has 3 rings (SSSR count). The van der Waals surface area contributed by atoms with Crippen molar-refractivity contribution >= 4 is 22.4 Å². The van der Waals surface area contributed by atoms with Gasteiger partial charge in [-0.15, -0.1) is 11.3 Å². The Bertz CT molecular complexity index is 602. The van der Waals surface area contributed by atoms with Crippen LogP contribution in [0.5, 0.6) is 0 Å². The number of hydrogen-bond acceptors (Lipinski definition) is 5. The number of thiazole rings is 1. The van der Waals surface area contributed by atoms with E-state index < -0.39 is 0 Å². The Morgan fingerprint density at radius 3 is 2.52 bits per heavy atom. The lowest BCUT2D eigenvalue weighted by Gasteiger charge is -2.32. The molecular formula is C23H39N3O2S. The molecule has 1 aliphatic carbocycles. The van der Waals surface area contributed by atoms with Crippen LogP contribution in [0, 0.1) is 5.92 Å². The van der Waals surface area contributed by atoms with Gasteiger partial charge >= 0.3 is 0 Å². The van der Waals surface area contributed by atoms with Gasteiger partial charge in [0, 0.05) is 17.5 Å². The average Bonchev–Trinajstić information content (AvgIpc) is 3.07. The number of fused-ring (bicyclic) bond motifs is 1. The van der Waals surface area contributed by atoms with Crippen molar-refractivity contribution in [3.8, 4) is 0 Å². The van der Waals surface area contributed by atoms with Crippen LogP contribution in [0.2, 0.25) is 0 Å². The number of amides is 1. The van der Waals surface area contributed by atoms with Gasteiger partial charge in [-0.2, -0.15) is 0 Å². The lowest BCUT2D eigenvalue weighted by molar-refractivity contribution is -0.115. The number of aryl methyl sites for hydroxylation is 2. The molecule has 1 fully saturated rings. The van der Waals surface area contributed by atoms with Crippen LogP contribution < -0.4 is 10.6 Å². The number of carbonyl (C=O) groups excluding carboxylic acids is 1. The number of ether oxygens (including phenoxy) is 1. The van der Waals surface area contributed by atoms with Gasteiger partial charge in [0.1, 0.15) is 0 Å². The summed E-state index contributed by atoms with van der Waals surface area (Å²) in [5.41, 5.74) is 1.23. The summed E-state index contributed by atoms with van der Waals surface area (Å²) in [6.07, 6.45) is 14.9. The standard InChI is InChI=1S/C23H39N3O2S/c1-17(2)20-15-18(13-14-28-20)24-16-22(27)26-23-25-19-11-9-7-5-3-4-6-8-10-12-21(19)29-23/h17-18,20,24H,3-16H2,1-2H3,(H,25,26,27). The molecule has 2 heterocycles. The Morgan fingerprint density at radius 2 is 1.79 bits per heavy atom. The van der Waals surface area contributed by atoms with E-state index >= 15 is 0 Å². The van der Waals surface area contributed by atoms with Gasteiger partial charge in [-0.05, 0) is 44.4 Å². The summed E-state index contributed by atoms with van der Waals surface area (Å²) in [5, 5.41) is 7.25. The van der Waals surface area contributed by atoms with Crippen LogP contribution >= 0.6 is 11.3 Å². The molecule has 29 heavy (non-hydrogen) atoms. The number of nitrogens with zero attached hydrogens (tertiary/aromatic N) is 1. The number of aromatic nitrogens is 1. The van der Waals surface area contributed by atoms with Crippen molar-refractivity contribution in [2.45, 2.75) is 103 Å². The van der Waals surface area contributed by atoms with E-state index in [1.807, 2.05) is 0 Å². The minimum Gasteiger partial charge on any atom is -0.378 e. The third-order valence-electron chi connectivity index (χ3n) is 6.20. The molecule has 1 amide bonds. The zero-order chi connectivity index (χ0) is 20.5. The van der Waals surface area contributed by atoms with E-state index in [9.17, 15) is 4.79 Å². The Balaban J connectivity index is 1.49. The first-order valence-corrected chi connectivity index (χ1v) is 12.6. The van der Waals surface area contributed by atoms with Crippen molar-refractivity contribution in [2.75, 3.05) is 18.5 Å². The fourth-order valence-corrected chi connectivity index (χ4v) is 5.41.